The fourth-order valence-electron chi connectivity index (χ4n) is 2.54. The van der Waals surface area contributed by atoms with E-state index in [-0.39, 0.29) is 10.9 Å². The third kappa shape index (κ3) is 2.93. The first-order valence-corrected chi connectivity index (χ1v) is 7.99. The van der Waals surface area contributed by atoms with Crippen molar-refractivity contribution in [3.05, 3.63) is 12.5 Å². The van der Waals surface area contributed by atoms with Gasteiger partial charge in [-0.15, -0.1) is 0 Å². The Hall–Kier alpha value is -1.61. The summed E-state index contributed by atoms with van der Waals surface area (Å²) in [5, 5.41) is 12.0. The summed E-state index contributed by atoms with van der Waals surface area (Å²) in [6.07, 6.45) is 7.19. The molecule has 1 aliphatic rings. The van der Waals surface area contributed by atoms with Crippen LogP contribution in [0.1, 0.15) is 38.5 Å². The number of rotatable bonds is 4. The topological polar surface area (TPSA) is 133 Å². The molecule has 0 atom stereocenters. The number of nitrogens with two attached hydrogens (primary N) is 1. The van der Waals surface area contributed by atoms with Crippen molar-refractivity contribution in [1.29, 1.82) is 0 Å². The van der Waals surface area contributed by atoms with Crippen LogP contribution in [0.2, 0.25) is 0 Å². The number of nitrogens with one attached hydrogen (secondary N) is 2. The molecule has 1 aromatic rings. The molecule has 8 nitrogen and oxygen atoms in total. The molecule has 1 aromatic heterocycles. The Bertz CT molecular complexity index is 559. The molecule has 112 valence electrons. The van der Waals surface area contributed by atoms with Crippen molar-refractivity contribution in [2.75, 3.05) is 0 Å². The van der Waals surface area contributed by atoms with Crippen LogP contribution in [0.4, 0.5) is 0 Å². The van der Waals surface area contributed by atoms with E-state index in [1.54, 1.807) is 0 Å². The van der Waals surface area contributed by atoms with Gasteiger partial charge < -0.3 is 15.9 Å². The Morgan fingerprint density at radius 1 is 1.40 bits per heavy atom. The normalized spacial score (nSPS) is 20.5. The van der Waals surface area contributed by atoms with Gasteiger partial charge in [-0.2, -0.15) is 4.72 Å². The zero-order chi connectivity index (χ0) is 14.6. The summed E-state index contributed by atoms with van der Waals surface area (Å²) in [5.74, 6) is -0.0949. The number of aromatic nitrogens is 2. The van der Waals surface area contributed by atoms with E-state index in [2.05, 4.69) is 19.8 Å². The first-order valence-electron chi connectivity index (χ1n) is 6.50. The summed E-state index contributed by atoms with van der Waals surface area (Å²) in [5.41, 5.74) is 4.73. The number of amidine groups is 1. The lowest BCUT2D eigenvalue weighted by molar-refractivity contribution is 0.306. The number of oxime groups is 1. The largest absolute Gasteiger partial charge is 0.409 e. The average Bonchev–Trinajstić information content (AvgIpc) is 2.87. The fourth-order valence-corrected chi connectivity index (χ4v) is 3.88. The van der Waals surface area contributed by atoms with Gasteiger partial charge in [-0.05, 0) is 12.8 Å². The predicted octanol–water partition coefficient (Wildman–Crippen LogP) is 0.527. The van der Waals surface area contributed by atoms with Crippen LogP contribution in [0, 0.1) is 0 Å². The molecule has 1 heterocycles. The van der Waals surface area contributed by atoms with Crippen molar-refractivity contribution in [3.8, 4) is 0 Å². The van der Waals surface area contributed by atoms with Crippen molar-refractivity contribution in [3.63, 3.8) is 0 Å². The number of hydrogen-bond acceptors (Lipinski definition) is 5. The highest BCUT2D eigenvalue weighted by Gasteiger charge is 2.40. The Morgan fingerprint density at radius 2 is 2.05 bits per heavy atom. The second-order valence-corrected chi connectivity index (χ2v) is 6.65. The second kappa shape index (κ2) is 5.80. The third-order valence-electron chi connectivity index (χ3n) is 3.65. The van der Waals surface area contributed by atoms with E-state index in [0.29, 0.717) is 12.8 Å². The van der Waals surface area contributed by atoms with Crippen LogP contribution in [-0.4, -0.2) is 35.0 Å². The summed E-state index contributed by atoms with van der Waals surface area (Å²) in [4.78, 5) is 6.25. The quantitative estimate of drug-likeness (QED) is 0.211. The molecule has 0 bridgehead atoms. The number of H-pyrrole nitrogens is 1. The molecule has 1 fully saturated rings. The highest BCUT2D eigenvalue weighted by molar-refractivity contribution is 7.89. The fraction of sp³-hybridized carbons (Fsp3) is 0.636. The molecule has 0 saturated heterocycles. The highest BCUT2D eigenvalue weighted by atomic mass is 32.2. The molecule has 0 amide bonds. The number of sulfonamides is 1. The standard InChI is InChI=1S/C11H19N5O3S/c12-10(15-17)11(5-3-1-2-4-6-11)16-20(18,19)9-7-13-8-14-9/h7-8,16-17H,1-6H2,(H2,12,15)(H,13,14). The van der Waals surface area contributed by atoms with Crippen molar-refractivity contribution in [1.82, 2.24) is 14.7 Å². The van der Waals surface area contributed by atoms with Gasteiger partial charge in [-0.25, -0.2) is 13.4 Å². The molecule has 5 N–H and O–H groups in total. The van der Waals surface area contributed by atoms with E-state index in [0.717, 1.165) is 25.7 Å². The van der Waals surface area contributed by atoms with Gasteiger partial charge in [0.25, 0.3) is 10.0 Å². The van der Waals surface area contributed by atoms with Gasteiger partial charge >= 0.3 is 0 Å². The second-order valence-electron chi connectivity index (χ2n) is 5.00. The lowest BCUT2D eigenvalue weighted by atomic mass is 9.90. The van der Waals surface area contributed by atoms with Gasteiger partial charge in [0.2, 0.25) is 0 Å². The Morgan fingerprint density at radius 3 is 2.55 bits per heavy atom. The van der Waals surface area contributed by atoms with Crippen LogP contribution < -0.4 is 10.5 Å². The maximum atomic E-state index is 12.3. The van der Waals surface area contributed by atoms with Gasteiger partial charge in [-0.3, -0.25) is 0 Å². The van der Waals surface area contributed by atoms with Crippen molar-refractivity contribution in [2.24, 2.45) is 10.9 Å². The average molecular weight is 301 g/mol. The first-order chi connectivity index (χ1) is 9.50. The zero-order valence-electron chi connectivity index (χ0n) is 11.0. The molecular formula is C11H19N5O3S. The van der Waals surface area contributed by atoms with E-state index in [4.69, 9.17) is 10.9 Å². The third-order valence-corrected chi connectivity index (χ3v) is 5.11. The summed E-state index contributed by atoms with van der Waals surface area (Å²) >= 11 is 0. The molecule has 9 heteroatoms. The summed E-state index contributed by atoms with van der Waals surface area (Å²) in [7, 11) is -3.79. The van der Waals surface area contributed by atoms with E-state index in [1.807, 2.05) is 0 Å². The molecule has 20 heavy (non-hydrogen) atoms. The summed E-state index contributed by atoms with van der Waals surface area (Å²) in [6, 6.07) is 0. The highest BCUT2D eigenvalue weighted by Crippen LogP contribution is 2.29. The molecule has 0 spiro atoms. The monoisotopic (exact) mass is 301 g/mol. The van der Waals surface area contributed by atoms with E-state index >= 15 is 0 Å². The first kappa shape index (κ1) is 14.8. The zero-order valence-corrected chi connectivity index (χ0v) is 11.9. The minimum absolute atomic E-state index is 0.0353. The number of aromatic amines is 1. The van der Waals surface area contributed by atoms with Crippen LogP contribution in [-0.2, 0) is 10.0 Å². The molecule has 0 aromatic carbocycles. The number of nitrogens with zero attached hydrogens (tertiary/aromatic N) is 2. The van der Waals surface area contributed by atoms with Crippen molar-refractivity contribution in [2.45, 2.75) is 49.1 Å². The molecule has 1 saturated carbocycles. The van der Waals surface area contributed by atoms with Crippen molar-refractivity contribution < 1.29 is 13.6 Å². The van der Waals surface area contributed by atoms with Gasteiger partial charge in [0.15, 0.2) is 10.9 Å². The van der Waals surface area contributed by atoms with Gasteiger partial charge in [0.1, 0.15) is 0 Å². The number of hydrogen-bond donors (Lipinski definition) is 4. The molecule has 0 unspecified atom stereocenters. The smallest absolute Gasteiger partial charge is 0.258 e. The van der Waals surface area contributed by atoms with Crippen LogP contribution in [0.25, 0.3) is 0 Å². The maximum absolute atomic E-state index is 12.3. The summed E-state index contributed by atoms with van der Waals surface area (Å²) < 4.78 is 27.2. The lowest BCUT2D eigenvalue weighted by Gasteiger charge is -2.31. The Balaban J connectivity index is 2.33. The van der Waals surface area contributed by atoms with Crippen molar-refractivity contribution >= 4 is 15.9 Å². The van der Waals surface area contributed by atoms with Crippen LogP contribution in [0.5, 0.6) is 0 Å². The van der Waals surface area contributed by atoms with Crippen LogP contribution in [0.15, 0.2) is 22.7 Å². The molecular weight excluding hydrogens is 282 g/mol. The lowest BCUT2D eigenvalue weighted by Crippen LogP contribution is -2.57. The molecule has 2 rings (SSSR count). The van der Waals surface area contributed by atoms with E-state index < -0.39 is 15.6 Å². The summed E-state index contributed by atoms with van der Waals surface area (Å²) in [6.45, 7) is 0. The number of imidazole rings is 1. The molecule has 0 aliphatic heterocycles. The molecule has 0 radical (unpaired) electrons. The van der Waals surface area contributed by atoms with E-state index in [9.17, 15) is 8.42 Å². The van der Waals surface area contributed by atoms with Gasteiger partial charge in [0, 0.05) is 0 Å². The SMILES string of the molecule is NC(=NO)C1(NS(=O)(=O)c2cnc[nH]2)CCCCCC1. The van der Waals surface area contributed by atoms with Gasteiger partial charge in [0.05, 0.1) is 18.1 Å². The molecule has 1 aliphatic carbocycles. The van der Waals surface area contributed by atoms with Gasteiger partial charge in [-0.1, -0.05) is 30.8 Å². The minimum Gasteiger partial charge on any atom is -0.409 e. The maximum Gasteiger partial charge on any atom is 0.258 e. The van der Waals surface area contributed by atoms with Crippen LogP contribution in [0.3, 0.4) is 0 Å². The van der Waals surface area contributed by atoms with E-state index in [1.165, 1.54) is 12.5 Å². The Labute approximate surface area is 117 Å². The van der Waals surface area contributed by atoms with Crippen LogP contribution >= 0.6 is 0 Å². The minimum atomic E-state index is -3.79. The Kier molecular flexibility index (Phi) is 4.29. The predicted molar refractivity (Wildman–Crippen MR) is 72.8 cm³/mol.